The zero-order chi connectivity index (χ0) is 7.26. The van der Waals surface area contributed by atoms with Crippen molar-refractivity contribution < 1.29 is 0 Å². The molecule has 3 aliphatic rings. The summed E-state index contributed by atoms with van der Waals surface area (Å²) < 4.78 is 0. The Kier molecular flexibility index (Phi) is 0.993. The summed E-state index contributed by atoms with van der Waals surface area (Å²) in [6.07, 6.45) is 12.4. The SMILES string of the molecule is C1=CC(C2=C(C3=CCC3)C2)C1. The van der Waals surface area contributed by atoms with E-state index in [1.807, 2.05) is 0 Å². The van der Waals surface area contributed by atoms with Gasteiger partial charge in [-0.15, -0.1) is 0 Å². The van der Waals surface area contributed by atoms with Crippen LogP contribution in [-0.2, 0) is 0 Å². The maximum absolute atomic E-state index is 2.39. The molecule has 3 aliphatic carbocycles. The van der Waals surface area contributed by atoms with Crippen LogP contribution < -0.4 is 0 Å². The molecule has 0 heterocycles. The third-order valence-electron chi connectivity index (χ3n) is 3.03. The van der Waals surface area contributed by atoms with Gasteiger partial charge in [0.25, 0.3) is 0 Å². The zero-order valence-corrected chi connectivity index (χ0v) is 6.64. The Morgan fingerprint density at radius 3 is 2.64 bits per heavy atom. The molecule has 0 saturated heterocycles. The summed E-state index contributed by atoms with van der Waals surface area (Å²) in [5.74, 6) is 0.853. The van der Waals surface area contributed by atoms with E-state index < -0.39 is 0 Å². The van der Waals surface area contributed by atoms with Gasteiger partial charge in [0.2, 0.25) is 0 Å². The Balaban J connectivity index is 1.82. The second-order valence-corrected chi connectivity index (χ2v) is 3.72. The third kappa shape index (κ3) is 0.756. The van der Waals surface area contributed by atoms with Crippen LogP contribution in [0.5, 0.6) is 0 Å². The standard InChI is InChI=1S/C11H12/c1-3-8(4-1)10-7-11(10)9-5-2-6-9/h1,3,5,8H,2,4,6-7H2. The molecule has 0 N–H and O–H groups in total. The second kappa shape index (κ2) is 1.88. The van der Waals surface area contributed by atoms with Crippen LogP contribution in [-0.4, -0.2) is 0 Å². The van der Waals surface area contributed by atoms with Gasteiger partial charge in [0.1, 0.15) is 0 Å². The van der Waals surface area contributed by atoms with E-state index in [1.54, 1.807) is 16.7 Å². The van der Waals surface area contributed by atoms with Crippen molar-refractivity contribution in [3.05, 3.63) is 34.9 Å². The molecule has 0 aromatic rings. The lowest BCUT2D eigenvalue weighted by molar-refractivity contribution is 0.730. The molecule has 0 aromatic carbocycles. The maximum atomic E-state index is 2.39. The van der Waals surface area contributed by atoms with Gasteiger partial charge in [-0.1, -0.05) is 23.8 Å². The van der Waals surface area contributed by atoms with Crippen LogP contribution >= 0.6 is 0 Å². The Morgan fingerprint density at radius 1 is 1.36 bits per heavy atom. The lowest BCUT2D eigenvalue weighted by Gasteiger charge is -2.14. The highest BCUT2D eigenvalue weighted by atomic mass is 14.4. The van der Waals surface area contributed by atoms with Gasteiger partial charge in [-0.3, -0.25) is 0 Å². The average Bonchev–Trinajstić information content (AvgIpc) is 2.37. The molecule has 0 radical (unpaired) electrons. The smallest absolute Gasteiger partial charge is 0.00206 e. The van der Waals surface area contributed by atoms with E-state index in [4.69, 9.17) is 0 Å². The fraction of sp³-hybridized carbons (Fsp3) is 0.455. The first-order valence-corrected chi connectivity index (χ1v) is 4.53. The molecule has 3 rings (SSSR count). The molecule has 0 amide bonds. The number of hydrogen-bond acceptors (Lipinski definition) is 0. The van der Waals surface area contributed by atoms with Crippen LogP contribution in [0.15, 0.2) is 34.9 Å². The molecule has 0 nitrogen and oxygen atoms in total. The second-order valence-electron chi connectivity index (χ2n) is 3.72. The van der Waals surface area contributed by atoms with E-state index in [2.05, 4.69) is 18.2 Å². The van der Waals surface area contributed by atoms with Crippen LogP contribution in [0.1, 0.15) is 25.7 Å². The van der Waals surface area contributed by atoms with Crippen molar-refractivity contribution in [1.82, 2.24) is 0 Å². The first-order chi connectivity index (χ1) is 5.45. The summed E-state index contributed by atoms with van der Waals surface area (Å²) in [4.78, 5) is 0. The Hall–Kier alpha value is -0.780. The van der Waals surface area contributed by atoms with Gasteiger partial charge in [0, 0.05) is 5.92 Å². The summed E-state index contributed by atoms with van der Waals surface area (Å²) >= 11 is 0. The van der Waals surface area contributed by atoms with Crippen molar-refractivity contribution in [3.8, 4) is 0 Å². The van der Waals surface area contributed by atoms with Crippen molar-refractivity contribution in [2.45, 2.75) is 25.7 Å². The predicted octanol–water partition coefficient (Wildman–Crippen LogP) is 2.98. The van der Waals surface area contributed by atoms with Crippen LogP contribution in [0.2, 0.25) is 0 Å². The third-order valence-corrected chi connectivity index (χ3v) is 3.03. The highest BCUT2D eigenvalue weighted by Crippen LogP contribution is 2.49. The summed E-state index contributed by atoms with van der Waals surface area (Å²) in [5, 5.41) is 0. The van der Waals surface area contributed by atoms with Gasteiger partial charge >= 0.3 is 0 Å². The predicted molar refractivity (Wildman–Crippen MR) is 46.2 cm³/mol. The van der Waals surface area contributed by atoms with Crippen LogP contribution in [0, 0.1) is 5.92 Å². The molecule has 0 saturated carbocycles. The van der Waals surface area contributed by atoms with Crippen LogP contribution in [0.3, 0.4) is 0 Å². The largest absolute Gasteiger partial charge is 0.0870 e. The molecule has 0 heteroatoms. The van der Waals surface area contributed by atoms with Crippen molar-refractivity contribution in [3.63, 3.8) is 0 Å². The fourth-order valence-electron chi connectivity index (χ4n) is 1.91. The van der Waals surface area contributed by atoms with E-state index in [9.17, 15) is 0 Å². The number of rotatable bonds is 2. The summed E-state index contributed by atoms with van der Waals surface area (Å²) in [5.41, 5.74) is 5.13. The lowest BCUT2D eigenvalue weighted by atomic mass is 9.91. The van der Waals surface area contributed by atoms with Crippen molar-refractivity contribution >= 4 is 0 Å². The van der Waals surface area contributed by atoms with Crippen LogP contribution in [0.25, 0.3) is 0 Å². The molecule has 56 valence electrons. The molecule has 1 atom stereocenters. The Bertz CT molecular complexity index is 289. The molecule has 0 spiro atoms. The van der Waals surface area contributed by atoms with E-state index in [0.717, 1.165) is 5.92 Å². The van der Waals surface area contributed by atoms with Crippen molar-refractivity contribution in [1.29, 1.82) is 0 Å². The fourth-order valence-corrected chi connectivity index (χ4v) is 1.91. The molecule has 0 aromatic heterocycles. The molecule has 11 heavy (non-hydrogen) atoms. The quantitative estimate of drug-likeness (QED) is 0.523. The first-order valence-electron chi connectivity index (χ1n) is 4.53. The molecule has 0 aliphatic heterocycles. The number of allylic oxidation sites excluding steroid dienone is 6. The minimum Gasteiger partial charge on any atom is -0.0870 e. The van der Waals surface area contributed by atoms with Gasteiger partial charge in [-0.2, -0.15) is 0 Å². The minimum atomic E-state index is 0.853. The van der Waals surface area contributed by atoms with Crippen molar-refractivity contribution in [2.75, 3.05) is 0 Å². The highest BCUT2D eigenvalue weighted by Gasteiger charge is 2.32. The van der Waals surface area contributed by atoms with Gasteiger partial charge in [-0.25, -0.2) is 0 Å². The maximum Gasteiger partial charge on any atom is 0.00206 e. The lowest BCUT2D eigenvalue weighted by Crippen LogP contribution is -2.00. The Labute approximate surface area is 67.3 Å². The van der Waals surface area contributed by atoms with Crippen molar-refractivity contribution in [2.24, 2.45) is 5.92 Å². The zero-order valence-electron chi connectivity index (χ0n) is 6.64. The van der Waals surface area contributed by atoms with E-state index in [-0.39, 0.29) is 0 Å². The molecule has 1 unspecified atom stereocenters. The molecule has 0 fully saturated rings. The van der Waals surface area contributed by atoms with Gasteiger partial charge in [0.15, 0.2) is 0 Å². The monoisotopic (exact) mass is 144 g/mol. The van der Waals surface area contributed by atoms with E-state index in [0.29, 0.717) is 0 Å². The van der Waals surface area contributed by atoms with Gasteiger partial charge < -0.3 is 0 Å². The minimum absolute atomic E-state index is 0.853. The first kappa shape index (κ1) is 5.82. The normalized spacial score (nSPS) is 32.7. The van der Waals surface area contributed by atoms with Crippen LogP contribution in [0.4, 0.5) is 0 Å². The number of hydrogen-bond donors (Lipinski definition) is 0. The molecular formula is C11H12. The summed E-state index contributed by atoms with van der Waals surface area (Å²) in [7, 11) is 0. The van der Waals surface area contributed by atoms with E-state index in [1.165, 1.54) is 25.7 Å². The summed E-state index contributed by atoms with van der Waals surface area (Å²) in [6.45, 7) is 0. The highest BCUT2D eigenvalue weighted by molar-refractivity contribution is 5.55. The average molecular weight is 144 g/mol. The molecular weight excluding hydrogens is 132 g/mol. The van der Waals surface area contributed by atoms with Gasteiger partial charge in [-0.05, 0) is 36.8 Å². The van der Waals surface area contributed by atoms with E-state index >= 15 is 0 Å². The summed E-state index contributed by atoms with van der Waals surface area (Å²) in [6, 6.07) is 0. The topological polar surface area (TPSA) is 0 Å². The van der Waals surface area contributed by atoms with Gasteiger partial charge in [0.05, 0.1) is 0 Å². The Morgan fingerprint density at radius 2 is 2.18 bits per heavy atom. The molecule has 0 bridgehead atoms.